The summed E-state index contributed by atoms with van der Waals surface area (Å²) < 4.78 is 67.8. The Balaban J connectivity index is 1.83. The predicted molar refractivity (Wildman–Crippen MR) is 105 cm³/mol. The second-order valence-electron chi connectivity index (χ2n) is 6.76. The van der Waals surface area contributed by atoms with Crippen LogP contribution >= 0.6 is 0 Å². The van der Waals surface area contributed by atoms with Crippen molar-refractivity contribution in [3.63, 3.8) is 0 Å². The first-order chi connectivity index (χ1) is 13.5. The van der Waals surface area contributed by atoms with Crippen LogP contribution in [0.25, 0.3) is 11.1 Å². The first kappa shape index (κ1) is 23.2. The van der Waals surface area contributed by atoms with Crippen LogP contribution in [0.4, 0.5) is 13.2 Å². The summed E-state index contributed by atoms with van der Waals surface area (Å²) in [6, 6.07) is 15.5. The number of nitrogens with one attached hydrogen (secondary N) is 1. The lowest BCUT2D eigenvalue weighted by molar-refractivity contribution is -0.145. The molecule has 2 aromatic rings. The largest absolute Gasteiger partial charge is 0.494 e. The summed E-state index contributed by atoms with van der Waals surface area (Å²) in [6.07, 6.45) is -6.53. The number of sulfonamides is 1. The lowest BCUT2D eigenvalue weighted by Gasteiger charge is -2.24. The van der Waals surface area contributed by atoms with Crippen molar-refractivity contribution in [2.45, 2.75) is 37.6 Å². The Kier molecular flexibility index (Phi) is 8.06. The fourth-order valence-corrected chi connectivity index (χ4v) is 3.63. The van der Waals surface area contributed by atoms with Gasteiger partial charge in [0.15, 0.2) is 0 Å². The molecule has 0 aliphatic heterocycles. The van der Waals surface area contributed by atoms with Crippen LogP contribution in [0.1, 0.15) is 19.3 Å². The predicted octanol–water partition coefficient (Wildman–Crippen LogP) is 3.74. The Bertz CT molecular complexity index is 856. The highest BCUT2D eigenvalue weighted by molar-refractivity contribution is 7.88. The molecule has 2 atom stereocenters. The number of hydrogen-bond acceptors (Lipinski definition) is 4. The first-order valence-corrected chi connectivity index (χ1v) is 10.9. The molecule has 0 fully saturated rings. The van der Waals surface area contributed by atoms with E-state index in [0.29, 0.717) is 5.75 Å². The van der Waals surface area contributed by atoms with Crippen molar-refractivity contribution >= 4 is 10.0 Å². The Labute approximate surface area is 168 Å². The van der Waals surface area contributed by atoms with E-state index in [4.69, 9.17) is 4.74 Å². The number of alkyl halides is 3. The molecule has 0 heterocycles. The van der Waals surface area contributed by atoms with E-state index in [0.717, 1.165) is 17.4 Å². The number of hydrogen-bond donors (Lipinski definition) is 2. The fourth-order valence-electron chi connectivity index (χ4n) is 2.84. The van der Waals surface area contributed by atoms with Gasteiger partial charge in [0, 0.05) is 0 Å². The topological polar surface area (TPSA) is 75.6 Å². The first-order valence-electron chi connectivity index (χ1n) is 9.04. The summed E-state index contributed by atoms with van der Waals surface area (Å²) in [5, 5.41) is 10.0. The monoisotopic (exact) mass is 431 g/mol. The van der Waals surface area contributed by atoms with Crippen LogP contribution in [0.5, 0.6) is 5.75 Å². The molecule has 2 rings (SSSR count). The Morgan fingerprint density at radius 2 is 1.62 bits per heavy atom. The third-order valence-corrected chi connectivity index (χ3v) is 4.89. The molecule has 0 amide bonds. The normalized spacial score (nSPS) is 14.4. The van der Waals surface area contributed by atoms with Crippen molar-refractivity contribution in [3.05, 3.63) is 54.6 Å². The molecule has 5 nitrogen and oxygen atoms in total. The van der Waals surface area contributed by atoms with Crippen molar-refractivity contribution in [2.75, 3.05) is 12.9 Å². The van der Waals surface area contributed by atoms with Gasteiger partial charge >= 0.3 is 6.18 Å². The second kappa shape index (κ2) is 10.1. The van der Waals surface area contributed by atoms with E-state index < -0.39 is 34.8 Å². The number of rotatable bonds is 10. The molecule has 0 saturated carbocycles. The maximum absolute atomic E-state index is 12.6. The highest BCUT2D eigenvalue weighted by Crippen LogP contribution is 2.25. The van der Waals surface area contributed by atoms with Crippen LogP contribution in [-0.2, 0) is 10.0 Å². The molecular formula is C20H24F3NO4S. The summed E-state index contributed by atoms with van der Waals surface area (Å²) in [6.45, 7) is 0.180. The Morgan fingerprint density at radius 3 is 2.17 bits per heavy atom. The van der Waals surface area contributed by atoms with Crippen LogP contribution in [0.2, 0.25) is 0 Å². The molecule has 0 spiro atoms. The van der Waals surface area contributed by atoms with Crippen LogP contribution in [0.15, 0.2) is 54.6 Å². The van der Waals surface area contributed by atoms with Gasteiger partial charge in [-0.1, -0.05) is 42.5 Å². The molecule has 2 aromatic carbocycles. The van der Waals surface area contributed by atoms with Crippen molar-refractivity contribution < 1.29 is 31.4 Å². The zero-order valence-electron chi connectivity index (χ0n) is 15.9. The van der Waals surface area contributed by atoms with Gasteiger partial charge in [0.2, 0.25) is 10.0 Å². The summed E-state index contributed by atoms with van der Waals surface area (Å²) >= 11 is 0. The molecule has 29 heavy (non-hydrogen) atoms. The van der Waals surface area contributed by atoms with Gasteiger partial charge < -0.3 is 9.84 Å². The van der Waals surface area contributed by atoms with Gasteiger partial charge in [0.05, 0.1) is 31.4 Å². The molecule has 0 bridgehead atoms. The Morgan fingerprint density at radius 1 is 1.03 bits per heavy atom. The number of benzene rings is 2. The van der Waals surface area contributed by atoms with E-state index >= 15 is 0 Å². The Hall–Kier alpha value is -2.10. The van der Waals surface area contributed by atoms with Crippen LogP contribution in [0, 0.1) is 0 Å². The van der Waals surface area contributed by atoms with Gasteiger partial charge in [-0.05, 0) is 36.1 Å². The third kappa shape index (κ3) is 8.84. The smallest absolute Gasteiger partial charge is 0.390 e. The lowest BCUT2D eigenvalue weighted by atomic mass is 10.0. The molecule has 0 aromatic heterocycles. The minimum Gasteiger partial charge on any atom is -0.494 e. The average Bonchev–Trinajstić information content (AvgIpc) is 2.63. The van der Waals surface area contributed by atoms with Crippen molar-refractivity contribution in [1.82, 2.24) is 4.72 Å². The van der Waals surface area contributed by atoms with Crippen molar-refractivity contribution in [2.24, 2.45) is 0 Å². The average molecular weight is 431 g/mol. The molecule has 0 aliphatic rings. The van der Waals surface area contributed by atoms with E-state index in [1.165, 1.54) is 0 Å². The van der Waals surface area contributed by atoms with E-state index in [9.17, 15) is 26.7 Å². The summed E-state index contributed by atoms with van der Waals surface area (Å²) in [5.41, 5.74) is 2.09. The molecule has 2 unspecified atom stereocenters. The summed E-state index contributed by atoms with van der Waals surface area (Å²) in [4.78, 5) is 0. The second-order valence-corrected chi connectivity index (χ2v) is 8.54. The summed E-state index contributed by atoms with van der Waals surface area (Å²) in [5.74, 6) is 0.597. The van der Waals surface area contributed by atoms with Crippen LogP contribution in [-0.4, -0.2) is 44.7 Å². The standard InChI is InChI=1S/C20H24F3NO4S/c1-29(26,27)24-18(14-20(21,22)23)19(25)8-5-13-28-17-11-9-16(10-12-17)15-6-3-2-4-7-15/h2-4,6-7,9-12,18-19,24-25H,5,8,13-14H2,1H3. The number of aliphatic hydroxyl groups excluding tert-OH is 1. The summed E-state index contributed by atoms with van der Waals surface area (Å²) in [7, 11) is -3.88. The molecule has 0 radical (unpaired) electrons. The zero-order valence-corrected chi connectivity index (χ0v) is 16.7. The van der Waals surface area contributed by atoms with Crippen LogP contribution in [0.3, 0.4) is 0 Å². The molecule has 2 N–H and O–H groups in total. The number of aliphatic hydroxyl groups is 1. The minimum absolute atomic E-state index is 0.0363. The molecule has 0 aliphatic carbocycles. The SMILES string of the molecule is CS(=O)(=O)NC(CC(F)(F)F)C(O)CCCOc1ccc(-c2ccccc2)cc1. The third-order valence-electron chi connectivity index (χ3n) is 4.16. The van der Waals surface area contributed by atoms with Gasteiger partial charge in [0.25, 0.3) is 0 Å². The van der Waals surface area contributed by atoms with Gasteiger partial charge in [-0.15, -0.1) is 0 Å². The molecule has 0 saturated heterocycles. The number of ether oxygens (including phenoxy) is 1. The van der Waals surface area contributed by atoms with E-state index in [-0.39, 0.29) is 19.4 Å². The lowest BCUT2D eigenvalue weighted by Crippen LogP contribution is -2.45. The van der Waals surface area contributed by atoms with Crippen molar-refractivity contribution in [1.29, 1.82) is 0 Å². The highest BCUT2D eigenvalue weighted by Gasteiger charge is 2.36. The fraction of sp³-hybridized carbons (Fsp3) is 0.400. The maximum atomic E-state index is 12.6. The minimum atomic E-state index is -4.60. The highest BCUT2D eigenvalue weighted by atomic mass is 32.2. The van der Waals surface area contributed by atoms with Crippen molar-refractivity contribution in [3.8, 4) is 16.9 Å². The quantitative estimate of drug-likeness (QED) is 0.562. The van der Waals surface area contributed by atoms with Gasteiger partial charge in [-0.3, -0.25) is 0 Å². The molecular weight excluding hydrogens is 407 g/mol. The van der Waals surface area contributed by atoms with Gasteiger partial charge in [-0.25, -0.2) is 13.1 Å². The van der Waals surface area contributed by atoms with Gasteiger partial charge in [-0.2, -0.15) is 13.2 Å². The van der Waals surface area contributed by atoms with E-state index in [2.05, 4.69) is 0 Å². The van der Waals surface area contributed by atoms with Crippen LogP contribution < -0.4 is 9.46 Å². The number of halogens is 3. The van der Waals surface area contributed by atoms with E-state index in [1.54, 1.807) is 12.1 Å². The molecule has 160 valence electrons. The van der Waals surface area contributed by atoms with Gasteiger partial charge in [0.1, 0.15) is 5.75 Å². The van der Waals surface area contributed by atoms with E-state index in [1.807, 2.05) is 47.2 Å². The zero-order chi connectivity index (χ0) is 21.5. The maximum Gasteiger partial charge on any atom is 0.390 e. The molecule has 9 heteroatoms.